The Labute approximate surface area is 315 Å². The van der Waals surface area contributed by atoms with Gasteiger partial charge < -0.3 is 33.9 Å². The van der Waals surface area contributed by atoms with Gasteiger partial charge in [0.1, 0.15) is 41.7 Å². The van der Waals surface area contributed by atoms with Crippen LogP contribution in [0, 0.1) is 29.0 Å². The highest BCUT2D eigenvalue weighted by molar-refractivity contribution is 7.40. The number of nitrogen functional groups attached to an aromatic ring is 1. The molecule has 12 nitrogen and oxygen atoms in total. The molecule has 4 atom stereocenters. The maximum atomic E-state index is 14.2. The number of unbranched alkanes of at least 4 members (excludes halogenated alkanes) is 14. The summed E-state index contributed by atoms with van der Waals surface area (Å²) in [5.41, 5.74) is 7.50. The van der Waals surface area contributed by atoms with Gasteiger partial charge in [0.15, 0.2) is 5.82 Å². The van der Waals surface area contributed by atoms with E-state index in [9.17, 15) is 9.28 Å². The molecule has 0 amide bonds. The molecule has 3 heterocycles. The fourth-order valence-electron chi connectivity index (χ4n) is 6.35. The van der Waals surface area contributed by atoms with E-state index < -0.39 is 20.5 Å². The van der Waals surface area contributed by atoms with Crippen molar-refractivity contribution in [2.45, 2.75) is 134 Å². The van der Waals surface area contributed by atoms with Crippen molar-refractivity contribution in [1.82, 2.24) is 14.6 Å². The van der Waals surface area contributed by atoms with Crippen molar-refractivity contribution in [3.63, 3.8) is 0 Å². The number of hydrogen-bond donors (Lipinski definition) is 2. The molecule has 4 rings (SSSR count). The minimum absolute atomic E-state index is 0.0336. The van der Waals surface area contributed by atoms with Crippen LogP contribution in [-0.4, -0.2) is 58.1 Å². The van der Waals surface area contributed by atoms with Crippen LogP contribution in [0.3, 0.4) is 0 Å². The van der Waals surface area contributed by atoms with Gasteiger partial charge in [-0.3, -0.25) is 0 Å². The number of benzene rings is 1. The molecule has 1 saturated heterocycles. The monoisotopic (exact) mass is 756 g/mol. The topological polar surface area (TPSA) is 170 Å². The predicted molar refractivity (Wildman–Crippen MR) is 203 cm³/mol. The molecule has 0 radical (unpaired) electrons. The summed E-state index contributed by atoms with van der Waals surface area (Å²) in [7, 11) is -2.22. The molecule has 4 unspecified atom stereocenters. The maximum absolute atomic E-state index is 14.2. The molecular formula is C39H58FN6O6P. The molecule has 0 saturated carbocycles. The molecule has 1 aliphatic heterocycles. The SMILES string of the molecule is C#N.CCCCCCCCCCCCCCCCCOCC(COP(O)OCC1CCC(c2ccc3c(N)ncnn23)O1)Oc1ccc(C#N)c(F)c1. The van der Waals surface area contributed by atoms with Crippen molar-refractivity contribution in [1.29, 1.82) is 10.5 Å². The van der Waals surface area contributed by atoms with Crippen LogP contribution in [0.15, 0.2) is 36.7 Å². The van der Waals surface area contributed by atoms with Gasteiger partial charge in [-0.2, -0.15) is 10.4 Å². The molecule has 0 spiro atoms. The van der Waals surface area contributed by atoms with Crippen molar-refractivity contribution >= 4 is 19.9 Å². The molecule has 14 heteroatoms. The second-order valence-electron chi connectivity index (χ2n) is 13.4. The highest BCUT2D eigenvalue weighted by atomic mass is 31.2. The van der Waals surface area contributed by atoms with E-state index in [2.05, 4.69) is 23.6 Å². The Morgan fingerprint density at radius 3 is 2.26 bits per heavy atom. The molecule has 0 bridgehead atoms. The Balaban J connectivity index is 0.00000372. The normalized spacial score (nSPS) is 16.5. The summed E-state index contributed by atoms with van der Waals surface area (Å²) >= 11 is 0. The lowest BCUT2D eigenvalue weighted by molar-refractivity contribution is 0.00194. The molecular weight excluding hydrogens is 698 g/mol. The van der Waals surface area contributed by atoms with Crippen molar-refractivity contribution in [2.75, 3.05) is 32.2 Å². The zero-order valence-corrected chi connectivity index (χ0v) is 32.1. The van der Waals surface area contributed by atoms with Crippen molar-refractivity contribution < 1.29 is 32.5 Å². The fraction of sp³-hybridized carbons (Fsp3) is 0.641. The molecule has 1 fully saturated rings. The van der Waals surface area contributed by atoms with Gasteiger partial charge in [-0.15, -0.1) is 0 Å². The van der Waals surface area contributed by atoms with E-state index in [0.29, 0.717) is 12.4 Å². The average Bonchev–Trinajstić information content (AvgIpc) is 3.83. The molecule has 3 N–H and O–H groups in total. The van der Waals surface area contributed by atoms with Gasteiger partial charge in [0, 0.05) is 19.2 Å². The van der Waals surface area contributed by atoms with E-state index in [-0.39, 0.29) is 43.3 Å². The molecule has 1 aromatic carbocycles. The van der Waals surface area contributed by atoms with Gasteiger partial charge in [-0.1, -0.05) is 96.8 Å². The van der Waals surface area contributed by atoms with Crippen LogP contribution in [0.2, 0.25) is 0 Å². The molecule has 53 heavy (non-hydrogen) atoms. The first-order valence-electron chi connectivity index (χ1n) is 19.2. The zero-order chi connectivity index (χ0) is 38.1. The molecule has 1 aliphatic rings. The van der Waals surface area contributed by atoms with E-state index in [1.54, 1.807) is 4.52 Å². The first kappa shape index (κ1) is 44.0. The second-order valence-corrected chi connectivity index (χ2v) is 14.4. The highest BCUT2D eigenvalue weighted by Crippen LogP contribution is 2.38. The van der Waals surface area contributed by atoms with Crippen LogP contribution >= 0.6 is 8.60 Å². The molecule has 292 valence electrons. The van der Waals surface area contributed by atoms with Gasteiger partial charge in [0.05, 0.1) is 37.2 Å². The van der Waals surface area contributed by atoms with Crippen LogP contribution in [0.1, 0.15) is 133 Å². The average molecular weight is 757 g/mol. The number of nitriles is 2. The van der Waals surface area contributed by atoms with E-state index in [1.807, 2.05) is 18.2 Å². The standard InChI is InChI=1S/C38H57FN5O6P.CHN/c1-2-3-4-5-6-7-8-9-10-11-12-13-14-15-16-23-46-26-33(49-31-18-17-30(25-40)34(39)24-31)28-48-51(45)47-27-32-19-22-37(50-32)35-20-21-36-38(41)42-29-43-44(35)36;1-2/h17-18,20-21,24,29,32-33,37,45H,2-16,19,22-23,26-28H2,1H3,(H2,41,42,43);1H. The zero-order valence-electron chi connectivity index (χ0n) is 31.2. The first-order valence-corrected chi connectivity index (χ1v) is 20.3. The summed E-state index contributed by atoms with van der Waals surface area (Å²) in [5.74, 6) is -0.0199. The third-order valence-electron chi connectivity index (χ3n) is 9.25. The first-order chi connectivity index (χ1) is 26.0. The van der Waals surface area contributed by atoms with Gasteiger partial charge in [0.25, 0.3) is 0 Å². The third kappa shape index (κ3) is 16.2. The number of aromatic nitrogens is 3. The summed E-state index contributed by atoms with van der Waals surface area (Å²) in [6, 6.07) is 9.68. The van der Waals surface area contributed by atoms with Gasteiger partial charge in [-0.05, 0) is 43.5 Å². The Hall–Kier alpha value is -3.42. The Morgan fingerprint density at radius 2 is 1.62 bits per heavy atom. The number of ether oxygens (including phenoxy) is 3. The number of halogens is 1. The van der Waals surface area contributed by atoms with Gasteiger partial charge in [-0.25, -0.2) is 19.2 Å². The van der Waals surface area contributed by atoms with Crippen LogP contribution in [0.4, 0.5) is 10.2 Å². The number of anilines is 1. The van der Waals surface area contributed by atoms with Crippen LogP contribution in [-0.2, 0) is 18.5 Å². The van der Waals surface area contributed by atoms with Crippen LogP contribution in [0.25, 0.3) is 5.52 Å². The Morgan fingerprint density at radius 1 is 0.962 bits per heavy atom. The maximum Gasteiger partial charge on any atom is 0.330 e. The summed E-state index contributed by atoms with van der Waals surface area (Å²) in [6.07, 6.45) is 21.3. The lowest BCUT2D eigenvalue weighted by atomic mass is 10.0. The lowest BCUT2D eigenvalue weighted by Gasteiger charge is -2.21. The Bertz CT molecular complexity index is 1510. The summed E-state index contributed by atoms with van der Waals surface area (Å²) < 4.78 is 45.3. The summed E-state index contributed by atoms with van der Waals surface area (Å²) in [5, 5.41) is 19.9. The van der Waals surface area contributed by atoms with E-state index in [0.717, 1.165) is 36.9 Å². The number of hydrogen-bond acceptors (Lipinski definition) is 11. The smallest absolute Gasteiger partial charge is 0.330 e. The summed E-state index contributed by atoms with van der Waals surface area (Å²) in [6.45, 7) is 6.64. The van der Waals surface area contributed by atoms with Gasteiger partial charge in [0.2, 0.25) is 0 Å². The highest BCUT2D eigenvalue weighted by Gasteiger charge is 2.30. The molecule has 3 aromatic rings. The third-order valence-corrected chi connectivity index (χ3v) is 9.99. The van der Waals surface area contributed by atoms with Gasteiger partial charge >= 0.3 is 8.60 Å². The second kappa shape index (κ2) is 26.4. The van der Waals surface area contributed by atoms with E-state index in [4.69, 9.17) is 39.5 Å². The molecule has 2 aromatic heterocycles. The minimum Gasteiger partial charge on any atom is -0.485 e. The number of nitrogens with zero attached hydrogens (tertiary/aromatic N) is 5. The van der Waals surface area contributed by atoms with Crippen molar-refractivity contribution in [3.8, 4) is 18.4 Å². The number of fused-ring (bicyclic) bond motifs is 1. The largest absolute Gasteiger partial charge is 0.485 e. The number of nitrogens with two attached hydrogens (primary N) is 1. The lowest BCUT2D eigenvalue weighted by Crippen LogP contribution is -2.28. The van der Waals surface area contributed by atoms with E-state index in [1.165, 1.54) is 108 Å². The van der Waals surface area contributed by atoms with Crippen molar-refractivity contribution in [3.05, 3.63) is 53.7 Å². The molecule has 0 aliphatic carbocycles. The Kier molecular flexibility index (Phi) is 21.9. The quantitative estimate of drug-likeness (QED) is 0.0561. The predicted octanol–water partition coefficient (Wildman–Crippen LogP) is 9.27. The summed E-state index contributed by atoms with van der Waals surface area (Å²) in [4.78, 5) is 14.5. The fourth-order valence-corrected chi connectivity index (χ4v) is 7.01. The minimum atomic E-state index is -2.22. The van der Waals surface area contributed by atoms with Crippen LogP contribution < -0.4 is 10.5 Å². The van der Waals surface area contributed by atoms with Crippen molar-refractivity contribution in [2.24, 2.45) is 0 Å². The number of rotatable bonds is 27. The van der Waals surface area contributed by atoms with E-state index >= 15 is 0 Å². The van der Waals surface area contributed by atoms with Crippen LogP contribution in [0.5, 0.6) is 5.75 Å².